The summed E-state index contributed by atoms with van der Waals surface area (Å²) in [7, 11) is 10.3. The molecule has 0 saturated heterocycles. The van der Waals surface area contributed by atoms with Crippen LogP contribution in [0.3, 0.4) is 0 Å². The Morgan fingerprint density at radius 1 is 0.958 bits per heavy atom. The van der Waals surface area contributed by atoms with Crippen LogP contribution in [0.25, 0.3) is 10.9 Å². The van der Waals surface area contributed by atoms with Crippen molar-refractivity contribution in [3.8, 4) is 0 Å². The molecule has 0 aliphatic carbocycles. The highest BCUT2D eigenvalue weighted by Crippen LogP contribution is 2.34. The maximum atomic E-state index is 6.48. The van der Waals surface area contributed by atoms with Gasteiger partial charge in [0, 0.05) is 38.6 Å². The number of likely N-dealkylation sites (N-methyl/N-ethyl adjacent to an activating group) is 3. The summed E-state index contributed by atoms with van der Waals surface area (Å²) >= 11 is 0. The molecule has 2 rings (SSSR count). The zero-order valence-corrected chi connectivity index (χ0v) is 15.5. The molecule has 0 spiro atoms. The van der Waals surface area contributed by atoms with Crippen LogP contribution in [0.2, 0.25) is 0 Å². The van der Waals surface area contributed by atoms with Crippen molar-refractivity contribution in [2.24, 2.45) is 0 Å². The molecule has 0 fully saturated rings. The summed E-state index contributed by atoms with van der Waals surface area (Å²) in [6, 6.07) is 8.14. The summed E-state index contributed by atoms with van der Waals surface area (Å²) in [5, 5.41) is 4.57. The molecule has 3 N–H and O–H groups in total. The van der Waals surface area contributed by atoms with Gasteiger partial charge in [-0.25, -0.2) is 4.98 Å². The van der Waals surface area contributed by atoms with Gasteiger partial charge in [-0.3, -0.25) is 0 Å². The van der Waals surface area contributed by atoms with Gasteiger partial charge in [0.25, 0.3) is 0 Å². The molecule has 1 aromatic carbocycles. The van der Waals surface area contributed by atoms with E-state index in [1.165, 1.54) is 0 Å². The number of aromatic nitrogens is 1. The summed E-state index contributed by atoms with van der Waals surface area (Å²) in [5.41, 5.74) is 9.14. The highest BCUT2D eigenvalue weighted by molar-refractivity contribution is 6.01. The number of nitrogens with one attached hydrogen (secondary N) is 1. The van der Waals surface area contributed by atoms with E-state index in [4.69, 9.17) is 10.7 Å². The second-order valence-electron chi connectivity index (χ2n) is 6.70. The smallest absolute Gasteiger partial charge is 0.154 e. The minimum absolute atomic E-state index is 0.716. The standard InChI is InChI=1S/C18H30N6/c1-22(2)11-10-20-17-14-8-6-7-9-15(14)21-18(16(17)19)24(5)13-12-23(3)4/h6-9H,10-13,19H2,1-5H3,(H,20,21). The van der Waals surface area contributed by atoms with E-state index in [0.717, 1.165) is 48.6 Å². The van der Waals surface area contributed by atoms with Crippen LogP contribution in [-0.2, 0) is 0 Å². The molecule has 0 saturated carbocycles. The van der Waals surface area contributed by atoms with Gasteiger partial charge in [-0.1, -0.05) is 18.2 Å². The number of pyridine rings is 1. The maximum Gasteiger partial charge on any atom is 0.154 e. The van der Waals surface area contributed by atoms with Gasteiger partial charge in [-0.2, -0.15) is 0 Å². The molecule has 0 aliphatic heterocycles. The van der Waals surface area contributed by atoms with Crippen molar-refractivity contribution < 1.29 is 0 Å². The molecule has 0 radical (unpaired) electrons. The average Bonchev–Trinajstić information content (AvgIpc) is 2.54. The minimum Gasteiger partial charge on any atom is -0.394 e. The molecule has 2 aromatic rings. The molecule has 1 heterocycles. The Balaban J connectivity index is 2.36. The number of para-hydroxylation sites is 1. The summed E-state index contributed by atoms with van der Waals surface area (Å²) in [4.78, 5) is 11.2. The monoisotopic (exact) mass is 330 g/mol. The Morgan fingerprint density at radius 2 is 1.62 bits per heavy atom. The topological polar surface area (TPSA) is 60.7 Å². The molecule has 24 heavy (non-hydrogen) atoms. The fraction of sp³-hybridized carbons (Fsp3) is 0.500. The zero-order valence-electron chi connectivity index (χ0n) is 15.5. The van der Waals surface area contributed by atoms with Crippen molar-refractivity contribution in [3.63, 3.8) is 0 Å². The molecule has 132 valence electrons. The highest BCUT2D eigenvalue weighted by Gasteiger charge is 2.15. The van der Waals surface area contributed by atoms with Gasteiger partial charge < -0.3 is 25.8 Å². The van der Waals surface area contributed by atoms with Crippen molar-refractivity contribution in [1.29, 1.82) is 0 Å². The predicted octanol–water partition coefficient (Wildman–Crippen LogP) is 1.79. The molecule has 6 heteroatoms. The van der Waals surface area contributed by atoms with E-state index in [0.29, 0.717) is 5.69 Å². The average molecular weight is 330 g/mol. The Labute approximate surface area is 145 Å². The van der Waals surface area contributed by atoms with E-state index in [1.54, 1.807) is 0 Å². The van der Waals surface area contributed by atoms with Gasteiger partial charge >= 0.3 is 0 Å². The largest absolute Gasteiger partial charge is 0.394 e. The molecule has 0 aliphatic rings. The summed E-state index contributed by atoms with van der Waals surface area (Å²) in [5.74, 6) is 0.836. The second kappa shape index (κ2) is 8.17. The number of hydrogen-bond acceptors (Lipinski definition) is 6. The molecule has 0 unspecified atom stereocenters. The molecule has 0 bridgehead atoms. The molecular weight excluding hydrogens is 300 g/mol. The normalized spacial score (nSPS) is 11.5. The number of benzene rings is 1. The highest BCUT2D eigenvalue weighted by atomic mass is 15.2. The van der Waals surface area contributed by atoms with E-state index in [9.17, 15) is 0 Å². The number of nitrogens with zero attached hydrogens (tertiary/aromatic N) is 4. The number of fused-ring (bicyclic) bond motifs is 1. The third-order valence-corrected chi connectivity index (χ3v) is 4.01. The van der Waals surface area contributed by atoms with Gasteiger partial charge in [0.15, 0.2) is 5.82 Å². The maximum absolute atomic E-state index is 6.48. The minimum atomic E-state index is 0.716. The molecular formula is C18H30N6. The van der Waals surface area contributed by atoms with Crippen LogP contribution in [0.4, 0.5) is 17.2 Å². The van der Waals surface area contributed by atoms with Gasteiger partial charge in [0.05, 0.1) is 16.9 Å². The van der Waals surface area contributed by atoms with Gasteiger partial charge in [-0.05, 0) is 34.3 Å². The Bertz CT molecular complexity index is 668. The number of rotatable bonds is 8. The van der Waals surface area contributed by atoms with Crippen molar-refractivity contribution in [2.75, 3.05) is 77.4 Å². The first-order valence-electron chi connectivity index (χ1n) is 8.33. The van der Waals surface area contributed by atoms with Gasteiger partial charge in [-0.15, -0.1) is 0 Å². The number of nitrogen functional groups attached to an aromatic ring is 1. The lowest BCUT2D eigenvalue weighted by molar-refractivity contribution is 0.416. The number of anilines is 3. The van der Waals surface area contributed by atoms with E-state index >= 15 is 0 Å². The quantitative estimate of drug-likeness (QED) is 0.769. The number of hydrogen-bond donors (Lipinski definition) is 2. The van der Waals surface area contributed by atoms with E-state index < -0.39 is 0 Å². The van der Waals surface area contributed by atoms with Crippen LogP contribution >= 0.6 is 0 Å². The van der Waals surface area contributed by atoms with Crippen LogP contribution < -0.4 is 16.0 Å². The van der Waals surface area contributed by atoms with Crippen molar-refractivity contribution >= 4 is 28.1 Å². The fourth-order valence-electron chi connectivity index (χ4n) is 2.56. The second-order valence-corrected chi connectivity index (χ2v) is 6.70. The summed E-state index contributed by atoms with van der Waals surface area (Å²) in [6.07, 6.45) is 0. The molecule has 1 aromatic heterocycles. The third kappa shape index (κ3) is 4.49. The van der Waals surface area contributed by atoms with Crippen LogP contribution in [0, 0.1) is 0 Å². The summed E-state index contributed by atoms with van der Waals surface area (Å²) < 4.78 is 0. The Hall–Kier alpha value is -2.05. The lowest BCUT2D eigenvalue weighted by atomic mass is 10.1. The number of nitrogens with two attached hydrogens (primary N) is 1. The van der Waals surface area contributed by atoms with Crippen molar-refractivity contribution in [3.05, 3.63) is 24.3 Å². The van der Waals surface area contributed by atoms with Gasteiger partial charge in [0.2, 0.25) is 0 Å². The third-order valence-electron chi connectivity index (χ3n) is 4.01. The first-order chi connectivity index (χ1) is 11.4. The first-order valence-corrected chi connectivity index (χ1v) is 8.33. The SMILES string of the molecule is CN(C)CCNc1c(N)c(N(C)CCN(C)C)nc2ccccc12. The van der Waals surface area contributed by atoms with E-state index in [2.05, 4.69) is 54.3 Å². The van der Waals surface area contributed by atoms with Crippen LogP contribution in [0.5, 0.6) is 0 Å². The molecule has 0 amide bonds. The fourth-order valence-corrected chi connectivity index (χ4v) is 2.56. The van der Waals surface area contributed by atoms with Crippen LogP contribution in [0.1, 0.15) is 0 Å². The Morgan fingerprint density at radius 3 is 2.29 bits per heavy atom. The predicted molar refractivity (Wildman–Crippen MR) is 105 cm³/mol. The zero-order chi connectivity index (χ0) is 17.7. The summed E-state index contributed by atoms with van der Waals surface area (Å²) in [6.45, 7) is 3.61. The lowest BCUT2D eigenvalue weighted by Crippen LogP contribution is -2.30. The lowest BCUT2D eigenvalue weighted by Gasteiger charge is -2.24. The van der Waals surface area contributed by atoms with Crippen LogP contribution in [0.15, 0.2) is 24.3 Å². The first kappa shape index (κ1) is 18.3. The van der Waals surface area contributed by atoms with Crippen LogP contribution in [-0.4, -0.2) is 76.2 Å². The Kier molecular flexibility index (Phi) is 6.23. The van der Waals surface area contributed by atoms with Crippen molar-refractivity contribution in [2.45, 2.75) is 0 Å². The van der Waals surface area contributed by atoms with Gasteiger partial charge in [0.1, 0.15) is 0 Å². The molecule has 6 nitrogen and oxygen atoms in total. The van der Waals surface area contributed by atoms with E-state index in [1.807, 2.05) is 25.2 Å². The van der Waals surface area contributed by atoms with E-state index in [-0.39, 0.29) is 0 Å². The molecule has 0 atom stereocenters. The van der Waals surface area contributed by atoms with Crippen molar-refractivity contribution in [1.82, 2.24) is 14.8 Å².